The number of amides is 2. The zero-order valence-electron chi connectivity index (χ0n) is 10.7. The van der Waals surface area contributed by atoms with Crippen molar-refractivity contribution >= 4 is 17.5 Å². The number of ether oxygens (including phenoxy) is 1. The van der Waals surface area contributed by atoms with Gasteiger partial charge in [0.1, 0.15) is 5.75 Å². The van der Waals surface area contributed by atoms with Gasteiger partial charge in [0.05, 0.1) is 5.69 Å². The van der Waals surface area contributed by atoms with Crippen molar-refractivity contribution in [3.8, 4) is 5.75 Å². The Morgan fingerprint density at radius 2 is 2.26 bits per heavy atom. The number of nitrogens with one attached hydrogen (secondary N) is 2. The van der Waals surface area contributed by atoms with Crippen LogP contribution in [0.25, 0.3) is 0 Å². The monoisotopic (exact) mass is 260 g/mol. The van der Waals surface area contributed by atoms with Gasteiger partial charge in [0, 0.05) is 12.5 Å². The van der Waals surface area contributed by atoms with Gasteiger partial charge in [-0.2, -0.15) is 0 Å². The molecule has 100 valence electrons. The largest absolute Gasteiger partial charge is 0.479 e. The lowest BCUT2D eigenvalue weighted by molar-refractivity contribution is -0.123. The van der Waals surface area contributed by atoms with E-state index in [1.54, 1.807) is 6.92 Å². The number of fused-ring (bicyclic) bond motifs is 1. The molecule has 1 aromatic carbocycles. The number of hydrogen-bond acceptors (Lipinski definition) is 3. The van der Waals surface area contributed by atoms with Crippen molar-refractivity contribution in [2.24, 2.45) is 5.92 Å². The first-order valence-electron chi connectivity index (χ1n) is 6.51. The molecule has 1 aliphatic heterocycles. The fourth-order valence-corrected chi connectivity index (χ4v) is 2.04. The molecule has 1 aromatic rings. The number of benzene rings is 1. The van der Waals surface area contributed by atoms with Gasteiger partial charge in [-0.1, -0.05) is 6.07 Å². The molecule has 1 saturated carbocycles. The van der Waals surface area contributed by atoms with E-state index < -0.39 is 6.10 Å². The van der Waals surface area contributed by atoms with Crippen LogP contribution in [0.5, 0.6) is 5.75 Å². The first-order valence-corrected chi connectivity index (χ1v) is 6.51. The van der Waals surface area contributed by atoms with E-state index in [0.29, 0.717) is 18.0 Å². The van der Waals surface area contributed by atoms with Crippen LogP contribution in [0, 0.1) is 5.92 Å². The summed E-state index contributed by atoms with van der Waals surface area (Å²) in [6.07, 6.45) is 1.53. The molecule has 2 N–H and O–H groups in total. The summed E-state index contributed by atoms with van der Waals surface area (Å²) < 4.78 is 5.47. The van der Waals surface area contributed by atoms with Gasteiger partial charge in [0.2, 0.25) is 5.91 Å². The molecule has 5 heteroatoms. The van der Waals surface area contributed by atoms with Crippen molar-refractivity contribution in [3.63, 3.8) is 0 Å². The summed E-state index contributed by atoms with van der Waals surface area (Å²) in [4.78, 5) is 23.1. The fraction of sp³-hybridized carbons (Fsp3) is 0.429. The summed E-state index contributed by atoms with van der Waals surface area (Å²) in [6.45, 7) is 2.19. The minimum atomic E-state index is -0.465. The maximum atomic E-state index is 11.6. The number of hydrogen-bond donors (Lipinski definition) is 2. The molecule has 0 saturated heterocycles. The SMILES string of the molecule is CC1Oc2ccc(CNC(=O)C3CC3)cc2NC1=O. The Hall–Kier alpha value is -2.04. The maximum Gasteiger partial charge on any atom is 0.265 e. The number of carbonyl (C=O) groups is 2. The van der Waals surface area contributed by atoms with E-state index in [9.17, 15) is 9.59 Å². The van der Waals surface area contributed by atoms with Gasteiger partial charge in [-0.15, -0.1) is 0 Å². The van der Waals surface area contributed by atoms with Crippen LogP contribution in [0.3, 0.4) is 0 Å². The van der Waals surface area contributed by atoms with Crippen molar-refractivity contribution in [1.29, 1.82) is 0 Å². The zero-order chi connectivity index (χ0) is 13.4. The zero-order valence-corrected chi connectivity index (χ0v) is 10.7. The lowest BCUT2D eigenvalue weighted by atomic mass is 10.1. The van der Waals surface area contributed by atoms with Crippen LogP contribution >= 0.6 is 0 Å². The minimum absolute atomic E-state index is 0.117. The predicted octanol–water partition coefficient (Wildman–Crippen LogP) is 1.43. The van der Waals surface area contributed by atoms with Gasteiger partial charge in [0.15, 0.2) is 6.10 Å². The molecule has 2 aliphatic rings. The normalized spacial score (nSPS) is 21.1. The van der Waals surface area contributed by atoms with Crippen molar-refractivity contribution in [3.05, 3.63) is 23.8 Å². The minimum Gasteiger partial charge on any atom is -0.479 e. The van der Waals surface area contributed by atoms with Gasteiger partial charge in [-0.05, 0) is 37.5 Å². The quantitative estimate of drug-likeness (QED) is 0.864. The number of rotatable bonds is 3. The van der Waals surface area contributed by atoms with Crippen LogP contribution in [0.4, 0.5) is 5.69 Å². The highest BCUT2D eigenvalue weighted by molar-refractivity contribution is 5.97. The molecule has 19 heavy (non-hydrogen) atoms. The van der Waals surface area contributed by atoms with Gasteiger partial charge < -0.3 is 15.4 Å². The molecule has 0 aromatic heterocycles. The number of anilines is 1. The van der Waals surface area contributed by atoms with E-state index in [2.05, 4.69) is 10.6 Å². The van der Waals surface area contributed by atoms with Gasteiger partial charge in [-0.25, -0.2) is 0 Å². The molecule has 0 bridgehead atoms. The Morgan fingerprint density at radius 1 is 1.47 bits per heavy atom. The molecule has 2 amide bonds. The van der Waals surface area contributed by atoms with Gasteiger partial charge >= 0.3 is 0 Å². The maximum absolute atomic E-state index is 11.6. The lowest BCUT2D eigenvalue weighted by Gasteiger charge is -2.23. The van der Waals surface area contributed by atoms with Crippen LogP contribution in [0.15, 0.2) is 18.2 Å². The molecule has 1 aliphatic carbocycles. The second-order valence-corrected chi connectivity index (χ2v) is 5.07. The van der Waals surface area contributed by atoms with Crippen LogP contribution in [0.2, 0.25) is 0 Å². The summed E-state index contributed by atoms with van der Waals surface area (Å²) in [6, 6.07) is 5.56. The molecule has 1 atom stereocenters. The first kappa shape index (κ1) is 12.0. The molecular formula is C14H16N2O3. The van der Waals surface area contributed by atoms with E-state index in [0.717, 1.165) is 18.4 Å². The fourth-order valence-electron chi connectivity index (χ4n) is 2.04. The Labute approximate surface area is 111 Å². The van der Waals surface area contributed by atoms with Crippen molar-refractivity contribution < 1.29 is 14.3 Å². The molecular weight excluding hydrogens is 244 g/mol. The van der Waals surface area contributed by atoms with Gasteiger partial charge in [0.25, 0.3) is 5.91 Å². The molecule has 0 spiro atoms. The Kier molecular flexibility index (Phi) is 2.89. The van der Waals surface area contributed by atoms with Crippen LogP contribution < -0.4 is 15.4 Å². The predicted molar refractivity (Wildman–Crippen MR) is 69.7 cm³/mol. The topological polar surface area (TPSA) is 67.4 Å². The summed E-state index contributed by atoms with van der Waals surface area (Å²) >= 11 is 0. The Balaban J connectivity index is 1.68. The average molecular weight is 260 g/mol. The van der Waals surface area contributed by atoms with E-state index >= 15 is 0 Å². The second-order valence-electron chi connectivity index (χ2n) is 5.07. The molecule has 1 unspecified atom stereocenters. The molecule has 0 radical (unpaired) electrons. The number of carbonyl (C=O) groups excluding carboxylic acids is 2. The average Bonchev–Trinajstić information content (AvgIpc) is 3.21. The van der Waals surface area contributed by atoms with Crippen molar-refractivity contribution in [2.45, 2.75) is 32.4 Å². The summed E-state index contributed by atoms with van der Waals surface area (Å²) in [7, 11) is 0. The van der Waals surface area contributed by atoms with Crippen LogP contribution in [0.1, 0.15) is 25.3 Å². The van der Waals surface area contributed by atoms with Crippen molar-refractivity contribution in [2.75, 3.05) is 5.32 Å². The molecule has 1 heterocycles. The Bertz CT molecular complexity index is 537. The highest BCUT2D eigenvalue weighted by Gasteiger charge is 2.29. The highest BCUT2D eigenvalue weighted by atomic mass is 16.5. The summed E-state index contributed by atoms with van der Waals surface area (Å²) in [5.74, 6) is 0.851. The molecule has 5 nitrogen and oxygen atoms in total. The van der Waals surface area contributed by atoms with E-state index in [-0.39, 0.29) is 17.7 Å². The summed E-state index contributed by atoms with van der Waals surface area (Å²) in [5, 5.41) is 5.69. The van der Waals surface area contributed by atoms with E-state index in [1.165, 1.54) is 0 Å². The van der Waals surface area contributed by atoms with E-state index in [4.69, 9.17) is 4.74 Å². The van der Waals surface area contributed by atoms with Gasteiger partial charge in [-0.3, -0.25) is 9.59 Å². The third-order valence-corrected chi connectivity index (χ3v) is 3.39. The van der Waals surface area contributed by atoms with E-state index in [1.807, 2.05) is 18.2 Å². The standard InChI is InChI=1S/C14H16N2O3/c1-8-13(17)16-11-6-9(2-5-12(11)19-8)7-15-14(18)10-3-4-10/h2,5-6,8,10H,3-4,7H2,1H3,(H,15,18)(H,16,17). The lowest BCUT2D eigenvalue weighted by Crippen LogP contribution is -2.34. The summed E-state index contributed by atoms with van der Waals surface area (Å²) in [5.41, 5.74) is 1.62. The Morgan fingerprint density at radius 3 is 3.00 bits per heavy atom. The third-order valence-electron chi connectivity index (χ3n) is 3.39. The van der Waals surface area contributed by atoms with Crippen LogP contribution in [-0.4, -0.2) is 17.9 Å². The van der Waals surface area contributed by atoms with Crippen molar-refractivity contribution in [1.82, 2.24) is 5.32 Å². The first-order chi connectivity index (χ1) is 9.13. The smallest absolute Gasteiger partial charge is 0.265 e. The third kappa shape index (κ3) is 2.54. The second kappa shape index (κ2) is 4.57. The molecule has 3 rings (SSSR count). The van der Waals surface area contributed by atoms with Crippen LogP contribution in [-0.2, 0) is 16.1 Å². The highest BCUT2D eigenvalue weighted by Crippen LogP contribution is 2.31. The molecule has 1 fully saturated rings.